The third-order valence-electron chi connectivity index (χ3n) is 4.62. The van der Waals surface area contributed by atoms with Crippen LogP contribution in [0.1, 0.15) is 28.4 Å². The minimum Gasteiger partial charge on any atom is -0.477 e. The van der Waals surface area contributed by atoms with E-state index in [4.69, 9.17) is 0 Å². The van der Waals surface area contributed by atoms with Crippen LogP contribution in [0.2, 0.25) is 0 Å². The smallest absolute Gasteiger partial charge is 0.344 e. The lowest BCUT2D eigenvalue weighted by atomic mass is 10.1. The molecule has 7 heteroatoms. The lowest BCUT2D eigenvalue weighted by Crippen LogP contribution is -2.28. The van der Waals surface area contributed by atoms with E-state index >= 15 is 0 Å². The lowest BCUT2D eigenvalue weighted by molar-refractivity contribution is -0.131. The number of hydrogen-bond acceptors (Lipinski definition) is 4. The van der Waals surface area contributed by atoms with Gasteiger partial charge in [0.1, 0.15) is 4.91 Å². The number of carboxylic acids is 1. The molecule has 1 atom stereocenters. The highest BCUT2D eigenvalue weighted by Crippen LogP contribution is 2.49. The van der Waals surface area contributed by atoms with Crippen LogP contribution in [0.3, 0.4) is 0 Å². The standard InChI is InChI=1S/C20H21NO4S2/c1-13-9-10-18(14(2)11-13)27(24,25)21(3)16-12-17(26-19(16)20(22)23)15-7-5-4-6-8-15/h4-11,17H,12H2,1-3H3,(H,22,23). The third kappa shape index (κ3) is 3.75. The van der Waals surface area contributed by atoms with Gasteiger partial charge in [-0.15, -0.1) is 11.8 Å². The molecule has 3 rings (SSSR count). The molecule has 0 fully saturated rings. The van der Waals surface area contributed by atoms with Gasteiger partial charge >= 0.3 is 5.97 Å². The monoisotopic (exact) mass is 403 g/mol. The summed E-state index contributed by atoms with van der Waals surface area (Å²) in [5.41, 5.74) is 2.92. The topological polar surface area (TPSA) is 74.7 Å². The second kappa shape index (κ2) is 7.40. The van der Waals surface area contributed by atoms with Crippen LogP contribution in [0.5, 0.6) is 0 Å². The van der Waals surface area contributed by atoms with Crippen molar-refractivity contribution in [1.29, 1.82) is 0 Å². The van der Waals surface area contributed by atoms with Crippen LogP contribution in [0, 0.1) is 13.8 Å². The molecule has 2 aromatic rings. The van der Waals surface area contributed by atoms with E-state index in [2.05, 4.69) is 0 Å². The Kier molecular flexibility index (Phi) is 5.35. The number of carboxylic acid groups (broad SMARTS) is 1. The molecule has 0 radical (unpaired) electrons. The average Bonchev–Trinajstić information content (AvgIpc) is 3.07. The van der Waals surface area contributed by atoms with Crippen LogP contribution < -0.4 is 0 Å². The first kappa shape index (κ1) is 19.5. The normalized spacial score (nSPS) is 17.2. The maximum absolute atomic E-state index is 13.2. The predicted molar refractivity (Wildman–Crippen MR) is 107 cm³/mol. The number of aliphatic carboxylic acids is 1. The van der Waals surface area contributed by atoms with Crippen molar-refractivity contribution in [2.45, 2.75) is 30.4 Å². The fourth-order valence-corrected chi connectivity index (χ4v) is 5.99. The van der Waals surface area contributed by atoms with E-state index in [0.717, 1.165) is 15.4 Å². The van der Waals surface area contributed by atoms with E-state index in [1.807, 2.05) is 43.3 Å². The number of allylic oxidation sites excluding steroid dienone is 1. The van der Waals surface area contributed by atoms with Gasteiger partial charge < -0.3 is 5.11 Å². The van der Waals surface area contributed by atoms with E-state index in [0.29, 0.717) is 17.7 Å². The summed E-state index contributed by atoms with van der Waals surface area (Å²) in [4.78, 5) is 12.0. The SMILES string of the molecule is Cc1ccc(S(=O)(=O)N(C)C2=C(C(=O)O)SC(c3ccccc3)C2)c(C)c1. The van der Waals surface area contributed by atoms with Crippen molar-refractivity contribution >= 4 is 27.8 Å². The molecule has 0 spiro atoms. The predicted octanol–water partition coefficient (Wildman–Crippen LogP) is 4.10. The maximum Gasteiger partial charge on any atom is 0.344 e. The molecule has 1 unspecified atom stereocenters. The Morgan fingerprint density at radius 2 is 1.81 bits per heavy atom. The molecule has 142 valence electrons. The van der Waals surface area contributed by atoms with Crippen molar-refractivity contribution < 1.29 is 18.3 Å². The van der Waals surface area contributed by atoms with E-state index in [1.54, 1.807) is 19.1 Å². The number of carbonyl (C=O) groups is 1. The third-order valence-corrected chi connectivity index (χ3v) is 7.94. The van der Waals surface area contributed by atoms with Crippen LogP contribution in [0.15, 0.2) is 64.0 Å². The van der Waals surface area contributed by atoms with Crippen molar-refractivity contribution in [3.63, 3.8) is 0 Å². The Labute approximate surface area is 163 Å². The van der Waals surface area contributed by atoms with Gasteiger partial charge in [0.2, 0.25) is 0 Å². The number of aryl methyl sites for hydroxylation is 2. The van der Waals surface area contributed by atoms with E-state index in [1.165, 1.54) is 18.8 Å². The average molecular weight is 404 g/mol. The zero-order chi connectivity index (χ0) is 19.8. The first-order valence-electron chi connectivity index (χ1n) is 8.46. The molecule has 27 heavy (non-hydrogen) atoms. The van der Waals surface area contributed by atoms with Crippen molar-refractivity contribution in [1.82, 2.24) is 4.31 Å². The van der Waals surface area contributed by atoms with Gasteiger partial charge in [0.15, 0.2) is 0 Å². The summed E-state index contributed by atoms with van der Waals surface area (Å²) < 4.78 is 27.4. The Balaban J connectivity index is 1.99. The van der Waals surface area contributed by atoms with E-state index in [-0.39, 0.29) is 15.1 Å². The molecule has 1 aliphatic rings. The van der Waals surface area contributed by atoms with E-state index in [9.17, 15) is 18.3 Å². The van der Waals surface area contributed by atoms with Gasteiger partial charge in [-0.3, -0.25) is 4.31 Å². The molecule has 5 nitrogen and oxygen atoms in total. The number of nitrogens with zero attached hydrogens (tertiary/aromatic N) is 1. The first-order chi connectivity index (χ1) is 12.7. The van der Waals surface area contributed by atoms with Crippen LogP contribution >= 0.6 is 11.8 Å². The van der Waals surface area contributed by atoms with Gasteiger partial charge in [0.25, 0.3) is 10.0 Å². The van der Waals surface area contributed by atoms with Crippen LogP contribution in [0.25, 0.3) is 0 Å². The number of rotatable bonds is 5. The number of sulfonamides is 1. The van der Waals surface area contributed by atoms with Crippen molar-refractivity contribution in [2.75, 3.05) is 7.05 Å². The second-order valence-corrected chi connectivity index (χ2v) is 9.69. The van der Waals surface area contributed by atoms with E-state index < -0.39 is 16.0 Å². The molecule has 1 N–H and O–H groups in total. The molecule has 0 bridgehead atoms. The molecule has 1 heterocycles. The Morgan fingerprint density at radius 1 is 1.15 bits per heavy atom. The summed E-state index contributed by atoms with van der Waals surface area (Å²) >= 11 is 1.20. The van der Waals surface area contributed by atoms with Gasteiger partial charge in [0, 0.05) is 18.7 Å². The highest BCUT2D eigenvalue weighted by atomic mass is 32.2. The molecule has 2 aromatic carbocycles. The molecular weight excluding hydrogens is 382 g/mol. The number of thioether (sulfide) groups is 1. The molecule has 1 aliphatic heterocycles. The lowest BCUT2D eigenvalue weighted by Gasteiger charge is -2.23. The zero-order valence-electron chi connectivity index (χ0n) is 15.3. The van der Waals surface area contributed by atoms with Crippen LogP contribution in [-0.2, 0) is 14.8 Å². The molecular formula is C20H21NO4S2. The van der Waals surface area contributed by atoms with Gasteiger partial charge in [-0.05, 0) is 31.0 Å². The van der Waals surface area contributed by atoms with Gasteiger partial charge in [-0.25, -0.2) is 13.2 Å². The quantitative estimate of drug-likeness (QED) is 0.814. The molecule has 0 aromatic heterocycles. The maximum atomic E-state index is 13.2. The van der Waals surface area contributed by atoms with Crippen molar-refractivity contribution in [2.24, 2.45) is 0 Å². The summed E-state index contributed by atoms with van der Waals surface area (Å²) in [7, 11) is -2.41. The van der Waals surface area contributed by atoms with Gasteiger partial charge in [0.05, 0.1) is 10.6 Å². The van der Waals surface area contributed by atoms with Crippen molar-refractivity contribution in [3.8, 4) is 0 Å². The molecule has 0 saturated heterocycles. The zero-order valence-corrected chi connectivity index (χ0v) is 17.0. The summed E-state index contributed by atoms with van der Waals surface area (Å²) in [6, 6.07) is 14.7. The largest absolute Gasteiger partial charge is 0.477 e. The van der Waals surface area contributed by atoms with Gasteiger partial charge in [-0.2, -0.15) is 0 Å². The highest BCUT2D eigenvalue weighted by molar-refractivity contribution is 8.04. The second-order valence-electron chi connectivity index (χ2n) is 6.54. The fraction of sp³-hybridized carbons (Fsp3) is 0.250. The Morgan fingerprint density at radius 3 is 2.41 bits per heavy atom. The summed E-state index contributed by atoms with van der Waals surface area (Å²) in [5.74, 6) is -1.10. The van der Waals surface area contributed by atoms with Crippen LogP contribution in [-0.4, -0.2) is 30.8 Å². The number of benzene rings is 2. The molecule has 0 saturated carbocycles. The first-order valence-corrected chi connectivity index (χ1v) is 10.8. The Bertz CT molecular complexity index is 1010. The highest BCUT2D eigenvalue weighted by Gasteiger charge is 2.36. The minimum absolute atomic E-state index is 0.0830. The minimum atomic E-state index is -3.84. The summed E-state index contributed by atoms with van der Waals surface area (Å²) in [6.45, 7) is 3.65. The summed E-state index contributed by atoms with van der Waals surface area (Å²) in [5, 5.41) is 9.50. The molecule has 0 aliphatic carbocycles. The van der Waals surface area contributed by atoms with Gasteiger partial charge in [-0.1, -0.05) is 48.0 Å². The fourth-order valence-electron chi connectivity index (χ4n) is 3.20. The van der Waals surface area contributed by atoms with Crippen LogP contribution in [0.4, 0.5) is 0 Å². The van der Waals surface area contributed by atoms with Crippen molar-refractivity contribution in [3.05, 3.63) is 75.8 Å². The Hall–Kier alpha value is -2.25. The number of hydrogen-bond donors (Lipinski definition) is 1. The molecule has 0 amide bonds. The summed E-state index contributed by atoms with van der Waals surface area (Å²) in [6.07, 6.45) is 0.344.